The smallest absolute Gasteiger partial charge is 0.262 e. The van der Waals surface area contributed by atoms with Gasteiger partial charge in [0.25, 0.3) is 5.91 Å². The van der Waals surface area contributed by atoms with Crippen LogP contribution < -0.4 is 10.1 Å². The average molecular weight is 356 g/mol. The predicted molar refractivity (Wildman–Crippen MR) is 98.6 cm³/mol. The van der Waals surface area contributed by atoms with Gasteiger partial charge in [0.05, 0.1) is 17.0 Å². The van der Waals surface area contributed by atoms with E-state index in [-0.39, 0.29) is 12.5 Å². The topological polar surface area (TPSA) is 56.1 Å². The Labute approximate surface area is 151 Å². The van der Waals surface area contributed by atoms with Gasteiger partial charge in [0.1, 0.15) is 5.75 Å². The average Bonchev–Trinajstić information content (AvgIpc) is 3.08. The van der Waals surface area contributed by atoms with E-state index in [0.717, 1.165) is 22.6 Å². The zero-order valence-electron chi connectivity index (χ0n) is 14.0. The lowest BCUT2D eigenvalue weighted by molar-refractivity contribution is -0.118. The lowest BCUT2D eigenvalue weighted by Gasteiger charge is -2.12. The molecule has 128 valence electrons. The monoisotopic (exact) mass is 355 g/mol. The third-order valence-electron chi connectivity index (χ3n) is 3.77. The second kappa shape index (κ2) is 7.40. The number of hydrogen-bond acceptors (Lipinski definition) is 3. The standard InChI is InChI=1S/C19H18ClN3O2/c1-13-4-3-5-14(2)19(13)25-11-18(24)22-15-6-7-17(16(20)10-15)23-9-8-21-12-23/h3-10,12H,11H2,1-2H3,(H,22,24). The number of aryl methyl sites for hydroxylation is 2. The molecule has 1 amide bonds. The summed E-state index contributed by atoms with van der Waals surface area (Å²) in [5.74, 6) is 0.500. The highest BCUT2D eigenvalue weighted by Crippen LogP contribution is 2.25. The molecule has 0 saturated heterocycles. The van der Waals surface area contributed by atoms with E-state index in [1.54, 1.807) is 35.4 Å². The van der Waals surface area contributed by atoms with Crippen LogP contribution in [0.1, 0.15) is 11.1 Å². The molecule has 0 aliphatic rings. The molecule has 0 bridgehead atoms. The number of carbonyl (C=O) groups excluding carboxylic acids is 1. The van der Waals surface area contributed by atoms with Crippen molar-refractivity contribution in [1.82, 2.24) is 9.55 Å². The fourth-order valence-corrected chi connectivity index (χ4v) is 2.84. The highest BCUT2D eigenvalue weighted by atomic mass is 35.5. The van der Waals surface area contributed by atoms with Crippen molar-refractivity contribution in [3.63, 3.8) is 0 Å². The van der Waals surface area contributed by atoms with E-state index in [9.17, 15) is 4.79 Å². The molecule has 0 aliphatic heterocycles. The Kier molecular flexibility index (Phi) is 5.05. The quantitative estimate of drug-likeness (QED) is 0.747. The molecule has 3 aromatic rings. The molecule has 2 aromatic carbocycles. The Balaban J connectivity index is 1.64. The van der Waals surface area contributed by atoms with Gasteiger partial charge in [0, 0.05) is 18.1 Å². The first kappa shape index (κ1) is 17.0. The second-order valence-corrected chi connectivity index (χ2v) is 6.10. The minimum Gasteiger partial charge on any atom is -0.483 e. The maximum atomic E-state index is 12.1. The predicted octanol–water partition coefficient (Wildman–Crippen LogP) is 4.16. The number of anilines is 1. The number of halogens is 1. The molecule has 0 atom stereocenters. The minimum atomic E-state index is -0.242. The third-order valence-corrected chi connectivity index (χ3v) is 4.07. The maximum absolute atomic E-state index is 12.1. The summed E-state index contributed by atoms with van der Waals surface area (Å²) in [6, 6.07) is 11.2. The van der Waals surface area contributed by atoms with Crippen LogP contribution in [0.5, 0.6) is 5.75 Å². The molecule has 3 rings (SSSR count). The molecule has 25 heavy (non-hydrogen) atoms. The molecule has 0 spiro atoms. The van der Waals surface area contributed by atoms with Crippen LogP contribution in [0.3, 0.4) is 0 Å². The number of rotatable bonds is 5. The van der Waals surface area contributed by atoms with Crippen LogP contribution in [-0.4, -0.2) is 22.1 Å². The van der Waals surface area contributed by atoms with E-state index in [2.05, 4.69) is 10.3 Å². The number of hydrogen-bond donors (Lipinski definition) is 1. The number of para-hydroxylation sites is 1. The largest absolute Gasteiger partial charge is 0.483 e. The lowest BCUT2D eigenvalue weighted by Crippen LogP contribution is -2.20. The molecular weight excluding hydrogens is 338 g/mol. The van der Waals surface area contributed by atoms with Gasteiger partial charge in [-0.15, -0.1) is 0 Å². The fraction of sp³-hybridized carbons (Fsp3) is 0.158. The first-order chi connectivity index (χ1) is 12.0. The highest BCUT2D eigenvalue weighted by Gasteiger charge is 2.09. The fourth-order valence-electron chi connectivity index (χ4n) is 2.56. The van der Waals surface area contributed by atoms with E-state index < -0.39 is 0 Å². The van der Waals surface area contributed by atoms with Crippen LogP contribution in [0.15, 0.2) is 55.1 Å². The number of ether oxygens (including phenoxy) is 1. The van der Waals surface area contributed by atoms with Crippen LogP contribution >= 0.6 is 11.6 Å². The van der Waals surface area contributed by atoms with Crippen molar-refractivity contribution in [2.75, 3.05) is 11.9 Å². The SMILES string of the molecule is Cc1cccc(C)c1OCC(=O)Nc1ccc(-n2ccnc2)c(Cl)c1. The van der Waals surface area contributed by atoms with Gasteiger partial charge >= 0.3 is 0 Å². The second-order valence-electron chi connectivity index (χ2n) is 5.69. The number of imidazole rings is 1. The molecule has 0 radical (unpaired) electrons. The van der Waals surface area contributed by atoms with E-state index in [0.29, 0.717) is 10.7 Å². The Morgan fingerprint density at radius 2 is 2.00 bits per heavy atom. The van der Waals surface area contributed by atoms with Crippen LogP contribution in [0.2, 0.25) is 5.02 Å². The van der Waals surface area contributed by atoms with E-state index >= 15 is 0 Å². The van der Waals surface area contributed by atoms with Gasteiger partial charge in [0.15, 0.2) is 6.61 Å². The van der Waals surface area contributed by atoms with Gasteiger partial charge in [-0.25, -0.2) is 4.98 Å². The zero-order chi connectivity index (χ0) is 17.8. The van der Waals surface area contributed by atoms with E-state index in [1.807, 2.05) is 38.1 Å². The van der Waals surface area contributed by atoms with Gasteiger partial charge in [-0.1, -0.05) is 29.8 Å². The Hall–Kier alpha value is -2.79. The molecule has 5 nitrogen and oxygen atoms in total. The van der Waals surface area contributed by atoms with Gasteiger partial charge in [0.2, 0.25) is 0 Å². The normalized spacial score (nSPS) is 10.5. The molecule has 0 unspecified atom stereocenters. The minimum absolute atomic E-state index is 0.0629. The van der Waals surface area contributed by atoms with Crippen LogP contribution in [0.25, 0.3) is 5.69 Å². The lowest BCUT2D eigenvalue weighted by atomic mass is 10.1. The van der Waals surface area contributed by atoms with Crippen LogP contribution in [0, 0.1) is 13.8 Å². The number of amides is 1. The van der Waals surface area contributed by atoms with E-state index in [4.69, 9.17) is 16.3 Å². The molecule has 6 heteroatoms. The van der Waals surface area contributed by atoms with E-state index in [1.165, 1.54) is 0 Å². The Morgan fingerprint density at radius 1 is 1.24 bits per heavy atom. The molecule has 1 heterocycles. The molecule has 0 saturated carbocycles. The first-order valence-corrected chi connectivity index (χ1v) is 8.19. The number of carbonyl (C=O) groups is 1. The van der Waals surface area contributed by atoms with Crippen molar-refractivity contribution in [3.8, 4) is 11.4 Å². The summed E-state index contributed by atoms with van der Waals surface area (Å²) in [5, 5.41) is 3.31. The summed E-state index contributed by atoms with van der Waals surface area (Å²) in [5.41, 5.74) is 3.41. The van der Waals surface area contributed by atoms with Crippen molar-refractivity contribution >= 4 is 23.2 Å². The molecule has 1 aromatic heterocycles. The summed E-state index contributed by atoms with van der Waals surface area (Å²) >= 11 is 6.29. The van der Waals surface area contributed by atoms with Crippen molar-refractivity contribution in [2.45, 2.75) is 13.8 Å². The first-order valence-electron chi connectivity index (χ1n) is 7.81. The zero-order valence-corrected chi connectivity index (χ0v) is 14.7. The highest BCUT2D eigenvalue weighted by molar-refractivity contribution is 6.32. The van der Waals surface area contributed by atoms with Crippen molar-refractivity contribution in [3.05, 3.63) is 71.3 Å². The Morgan fingerprint density at radius 3 is 2.64 bits per heavy atom. The summed E-state index contributed by atoms with van der Waals surface area (Å²) in [6.07, 6.45) is 5.15. The number of benzene rings is 2. The number of nitrogens with zero attached hydrogens (tertiary/aromatic N) is 2. The van der Waals surface area contributed by atoms with Crippen molar-refractivity contribution in [2.24, 2.45) is 0 Å². The molecule has 0 fully saturated rings. The van der Waals surface area contributed by atoms with Crippen LogP contribution in [-0.2, 0) is 4.79 Å². The van der Waals surface area contributed by atoms with Gasteiger partial charge < -0.3 is 14.6 Å². The number of aromatic nitrogens is 2. The van der Waals surface area contributed by atoms with Gasteiger partial charge in [-0.3, -0.25) is 4.79 Å². The van der Waals surface area contributed by atoms with Gasteiger partial charge in [-0.2, -0.15) is 0 Å². The van der Waals surface area contributed by atoms with Crippen molar-refractivity contribution in [1.29, 1.82) is 0 Å². The maximum Gasteiger partial charge on any atom is 0.262 e. The summed E-state index contributed by atoms with van der Waals surface area (Å²) in [4.78, 5) is 16.1. The third kappa shape index (κ3) is 4.00. The Bertz CT molecular complexity index is 871. The summed E-state index contributed by atoms with van der Waals surface area (Å²) < 4.78 is 7.46. The molecular formula is C19H18ClN3O2. The van der Waals surface area contributed by atoms with Crippen molar-refractivity contribution < 1.29 is 9.53 Å². The molecule has 0 aliphatic carbocycles. The number of nitrogens with one attached hydrogen (secondary N) is 1. The van der Waals surface area contributed by atoms with Gasteiger partial charge in [-0.05, 0) is 43.2 Å². The molecule has 1 N–H and O–H groups in total. The van der Waals surface area contributed by atoms with Crippen LogP contribution in [0.4, 0.5) is 5.69 Å². The summed E-state index contributed by atoms with van der Waals surface area (Å²) in [6.45, 7) is 3.84. The summed E-state index contributed by atoms with van der Waals surface area (Å²) in [7, 11) is 0.